The van der Waals surface area contributed by atoms with Crippen LogP contribution < -0.4 is 11.1 Å². The van der Waals surface area contributed by atoms with Crippen molar-refractivity contribution in [1.82, 2.24) is 10.3 Å². The molecule has 1 amide bonds. The van der Waals surface area contributed by atoms with Gasteiger partial charge in [0.25, 0.3) is 5.91 Å². The summed E-state index contributed by atoms with van der Waals surface area (Å²) >= 11 is 3.39. The Labute approximate surface area is 163 Å². The number of hydrogen-bond acceptors (Lipinski definition) is 5. The number of halogens is 2. The van der Waals surface area contributed by atoms with E-state index >= 15 is 0 Å². The maximum Gasteiger partial charge on any atom is 0.251 e. The Bertz CT molecular complexity index is 618. The summed E-state index contributed by atoms with van der Waals surface area (Å²) in [5.41, 5.74) is 7.44. The van der Waals surface area contributed by atoms with Crippen LogP contribution >= 0.6 is 47.9 Å². The molecule has 0 saturated carbocycles. The van der Waals surface area contributed by atoms with Crippen molar-refractivity contribution in [3.8, 4) is 0 Å². The first kappa shape index (κ1) is 23.2. The van der Waals surface area contributed by atoms with Crippen molar-refractivity contribution in [2.75, 3.05) is 6.54 Å². The molecule has 0 aliphatic carbocycles. The third-order valence-corrected chi connectivity index (χ3v) is 4.92. The SMILES string of the molecule is Cc1nc(CSc2ccc(C(=O)NCCC(C)N)cc2)cs1.Cl.Cl. The van der Waals surface area contributed by atoms with Crippen molar-refractivity contribution in [2.24, 2.45) is 5.73 Å². The Morgan fingerprint density at radius 3 is 2.54 bits per heavy atom. The normalized spacial score (nSPS) is 11.1. The van der Waals surface area contributed by atoms with Crippen molar-refractivity contribution in [1.29, 1.82) is 0 Å². The Hall–Kier alpha value is -0.790. The summed E-state index contributed by atoms with van der Waals surface area (Å²) in [7, 11) is 0. The molecule has 1 atom stereocenters. The first-order valence-corrected chi connectivity index (χ1v) is 9.09. The van der Waals surface area contributed by atoms with E-state index in [4.69, 9.17) is 5.73 Å². The number of aryl methyl sites for hydroxylation is 1. The number of hydrogen-bond donors (Lipinski definition) is 2. The predicted octanol–water partition coefficient (Wildman–Crippen LogP) is 4.05. The lowest BCUT2D eigenvalue weighted by Gasteiger charge is -2.07. The van der Waals surface area contributed by atoms with E-state index in [0.29, 0.717) is 12.1 Å². The molecule has 0 spiro atoms. The minimum absolute atomic E-state index is 0. The zero-order chi connectivity index (χ0) is 15.9. The molecule has 1 heterocycles. The zero-order valence-electron chi connectivity index (χ0n) is 13.7. The fourth-order valence-corrected chi connectivity index (χ4v) is 3.36. The van der Waals surface area contributed by atoms with Crippen LogP contribution in [0.1, 0.15) is 34.4 Å². The molecule has 134 valence electrons. The summed E-state index contributed by atoms with van der Waals surface area (Å²) in [6.07, 6.45) is 0.784. The molecule has 24 heavy (non-hydrogen) atoms. The van der Waals surface area contributed by atoms with E-state index in [0.717, 1.165) is 27.8 Å². The summed E-state index contributed by atoms with van der Waals surface area (Å²) in [5, 5.41) is 6.05. The molecular formula is C16H23Cl2N3OS2. The second-order valence-corrected chi connectivity index (χ2v) is 7.30. The van der Waals surface area contributed by atoms with Crippen molar-refractivity contribution in [3.63, 3.8) is 0 Å². The van der Waals surface area contributed by atoms with Crippen LogP contribution in [0.25, 0.3) is 0 Å². The third kappa shape index (κ3) is 7.85. The standard InChI is InChI=1S/C16H21N3OS2.2ClH/c1-11(17)7-8-18-16(20)13-3-5-15(6-4-13)22-10-14-9-21-12(2)19-14;;/h3-6,9,11H,7-8,10,17H2,1-2H3,(H,18,20);2*1H. The highest BCUT2D eigenvalue weighted by atomic mass is 35.5. The number of carbonyl (C=O) groups excluding carboxylic acids is 1. The number of thiazole rings is 1. The summed E-state index contributed by atoms with van der Waals surface area (Å²) in [6, 6.07) is 7.77. The number of aromatic nitrogens is 1. The number of nitrogens with two attached hydrogens (primary N) is 1. The second-order valence-electron chi connectivity index (χ2n) is 5.19. The molecule has 4 nitrogen and oxygen atoms in total. The number of thioether (sulfide) groups is 1. The maximum atomic E-state index is 12.0. The van der Waals surface area contributed by atoms with Crippen molar-refractivity contribution >= 4 is 53.8 Å². The fourth-order valence-electron chi connectivity index (χ4n) is 1.85. The Balaban J connectivity index is 0.00000264. The maximum absolute atomic E-state index is 12.0. The van der Waals surface area contributed by atoms with Gasteiger partial charge in [0.05, 0.1) is 10.7 Å². The van der Waals surface area contributed by atoms with Crippen LogP contribution in [-0.4, -0.2) is 23.5 Å². The Morgan fingerprint density at radius 1 is 1.33 bits per heavy atom. The molecule has 0 saturated heterocycles. The molecule has 2 aromatic rings. The summed E-state index contributed by atoms with van der Waals surface area (Å²) in [6.45, 7) is 4.55. The van der Waals surface area contributed by atoms with Gasteiger partial charge in [-0.1, -0.05) is 0 Å². The van der Waals surface area contributed by atoms with Gasteiger partial charge in [0.15, 0.2) is 0 Å². The van der Waals surface area contributed by atoms with Gasteiger partial charge in [-0.25, -0.2) is 4.98 Å². The number of carbonyl (C=O) groups is 1. The van der Waals surface area contributed by atoms with Gasteiger partial charge in [-0.2, -0.15) is 0 Å². The zero-order valence-corrected chi connectivity index (χ0v) is 16.9. The number of amides is 1. The first-order chi connectivity index (χ1) is 10.5. The van der Waals surface area contributed by atoms with E-state index in [1.165, 1.54) is 0 Å². The second kappa shape index (κ2) is 11.7. The molecule has 1 unspecified atom stereocenters. The highest BCUT2D eigenvalue weighted by molar-refractivity contribution is 7.98. The predicted molar refractivity (Wildman–Crippen MR) is 108 cm³/mol. The fraction of sp³-hybridized carbons (Fsp3) is 0.375. The first-order valence-electron chi connectivity index (χ1n) is 7.22. The Kier molecular flexibility index (Phi) is 11.3. The number of benzene rings is 1. The van der Waals surface area contributed by atoms with Gasteiger partial charge in [-0.3, -0.25) is 4.79 Å². The van der Waals surface area contributed by atoms with Crippen LogP contribution in [0.5, 0.6) is 0 Å². The van der Waals surface area contributed by atoms with Crippen molar-refractivity contribution < 1.29 is 4.79 Å². The van der Waals surface area contributed by atoms with Crippen molar-refractivity contribution in [2.45, 2.75) is 37.0 Å². The Morgan fingerprint density at radius 2 is 2.00 bits per heavy atom. The van der Waals surface area contributed by atoms with Gasteiger partial charge in [0, 0.05) is 34.2 Å². The van der Waals surface area contributed by atoms with E-state index in [1.807, 2.05) is 38.1 Å². The van der Waals surface area contributed by atoms with Crippen LogP contribution in [0, 0.1) is 6.92 Å². The topological polar surface area (TPSA) is 68.0 Å². The molecule has 0 bridgehead atoms. The average Bonchev–Trinajstić information content (AvgIpc) is 2.91. The molecule has 0 aliphatic heterocycles. The van der Waals surface area contributed by atoms with Gasteiger partial charge >= 0.3 is 0 Å². The van der Waals surface area contributed by atoms with E-state index < -0.39 is 0 Å². The minimum Gasteiger partial charge on any atom is -0.352 e. The number of nitrogens with zero attached hydrogens (tertiary/aromatic N) is 1. The lowest BCUT2D eigenvalue weighted by Crippen LogP contribution is -2.28. The monoisotopic (exact) mass is 407 g/mol. The molecule has 0 radical (unpaired) electrons. The van der Waals surface area contributed by atoms with Gasteiger partial charge < -0.3 is 11.1 Å². The van der Waals surface area contributed by atoms with Crippen LogP contribution in [0.2, 0.25) is 0 Å². The average molecular weight is 408 g/mol. The van der Waals surface area contributed by atoms with E-state index in [9.17, 15) is 4.79 Å². The summed E-state index contributed by atoms with van der Waals surface area (Å²) in [4.78, 5) is 17.5. The molecule has 8 heteroatoms. The van der Waals surface area contributed by atoms with E-state index in [2.05, 4.69) is 15.7 Å². The van der Waals surface area contributed by atoms with Crippen LogP contribution in [0.4, 0.5) is 0 Å². The van der Waals surface area contributed by atoms with Crippen LogP contribution in [-0.2, 0) is 5.75 Å². The van der Waals surface area contributed by atoms with Gasteiger partial charge in [-0.15, -0.1) is 47.9 Å². The highest BCUT2D eigenvalue weighted by Gasteiger charge is 2.06. The van der Waals surface area contributed by atoms with Crippen LogP contribution in [0.3, 0.4) is 0 Å². The molecule has 2 rings (SSSR count). The molecular weight excluding hydrogens is 385 g/mol. The quantitative estimate of drug-likeness (QED) is 0.678. The van der Waals surface area contributed by atoms with Gasteiger partial charge in [0.2, 0.25) is 0 Å². The van der Waals surface area contributed by atoms with Gasteiger partial charge in [-0.05, 0) is 44.5 Å². The molecule has 3 N–H and O–H groups in total. The molecule has 0 fully saturated rings. The molecule has 0 aliphatic rings. The number of rotatable bonds is 7. The van der Waals surface area contributed by atoms with Crippen LogP contribution in [0.15, 0.2) is 34.5 Å². The largest absolute Gasteiger partial charge is 0.352 e. The highest BCUT2D eigenvalue weighted by Crippen LogP contribution is 2.23. The molecule has 1 aromatic heterocycles. The third-order valence-electron chi connectivity index (χ3n) is 3.06. The smallest absolute Gasteiger partial charge is 0.251 e. The van der Waals surface area contributed by atoms with E-state index in [1.54, 1.807) is 23.1 Å². The molecule has 1 aromatic carbocycles. The van der Waals surface area contributed by atoms with Gasteiger partial charge in [0.1, 0.15) is 0 Å². The summed E-state index contributed by atoms with van der Waals surface area (Å²) < 4.78 is 0. The lowest BCUT2D eigenvalue weighted by molar-refractivity contribution is 0.0952. The lowest BCUT2D eigenvalue weighted by atomic mass is 10.2. The van der Waals surface area contributed by atoms with Crippen molar-refractivity contribution in [3.05, 3.63) is 45.9 Å². The minimum atomic E-state index is -0.0488. The number of nitrogens with one attached hydrogen (secondary N) is 1. The summed E-state index contributed by atoms with van der Waals surface area (Å²) in [5.74, 6) is 0.803. The van der Waals surface area contributed by atoms with E-state index in [-0.39, 0.29) is 36.8 Å².